The van der Waals surface area contributed by atoms with Gasteiger partial charge < -0.3 is 10.4 Å². The molecule has 18 heavy (non-hydrogen) atoms. The summed E-state index contributed by atoms with van der Waals surface area (Å²) in [5.41, 5.74) is 0.711. The van der Waals surface area contributed by atoms with Gasteiger partial charge in [-0.1, -0.05) is 12.1 Å². The number of aromatic nitrogens is 2. The van der Waals surface area contributed by atoms with Gasteiger partial charge in [0.1, 0.15) is 5.82 Å². The number of benzene rings is 1. The first-order chi connectivity index (χ1) is 8.75. The molecular weight excluding hydrogens is 233 g/mol. The molecule has 96 valence electrons. The first-order valence-corrected chi connectivity index (χ1v) is 5.87. The third-order valence-electron chi connectivity index (χ3n) is 2.67. The number of aliphatic hydroxyl groups is 1. The molecular formula is C13H16FN3O. The molecule has 0 bridgehead atoms. The molecule has 2 N–H and O–H groups in total. The zero-order chi connectivity index (χ0) is 12.8. The van der Waals surface area contributed by atoms with Gasteiger partial charge in [-0.05, 0) is 23.8 Å². The van der Waals surface area contributed by atoms with Gasteiger partial charge in [0.2, 0.25) is 0 Å². The molecule has 0 spiro atoms. The lowest BCUT2D eigenvalue weighted by Gasteiger charge is -2.12. The molecule has 0 saturated carbocycles. The highest BCUT2D eigenvalue weighted by molar-refractivity contribution is 5.18. The number of nitrogens with zero attached hydrogens (tertiary/aromatic N) is 2. The van der Waals surface area contributed by atoms with Crippen LogP contribution in [0.3, 0.4) is 0 Å². The fourth-order valence-corrected chi connectivity index (χ4v) is 1.67. The number of nitrogens with one attached hydrogen (secondary N) is 1. The van der Waals surface area contributed by atoms with Gasteiger partial charge in [-0.25, -0.2) is 4.39 Å². The Morgan fingerprint density at radius 2 is 2.11 bits per heavy atom. The zero-order valence-electron chi connectivity index (χ0n) is 9.96. The third-order valence-corrected chi connectivity index (χ3v) is 2.67. The summed E-state index contributed by atoms with van der Waals surface area (Å²) in [6, 6.07) is 7.75. The van der Waals surface area contributed by atoms with Gasteiger partial charge >= 0.3 is 0 Å². The van der Waals surface area contributed by atoms with Crippen molar-refractivity contribution in [1.29, 1.82) is 0 Å². The van der Waals surface area contributed by atoms with Crippen LogP contribution in [0.5, 0.6) is 0 Å². The van der Waals surface area contributed by atoms with Crippen LogP contribution >= 0.6 is 0 Å². The summed E-state index contributed by atoms with van der Waals surface area (Å²) >= 11 is 0. The Hall–Kier alpha value is -1.72. The fourth-order valence-electron chi connectivity index (χ4n) is 1.67. The smallest absolute Gasteiger partial charge is 0.123 e. The van der Waals surface area contributed by atoms with Gasteiger partial charge in [0.15, 0.2) is 0 Å². The summed E-state index contributed by atoms with van der Waals surface area (Å²) in [6.45, 7) is 1.91. The van der Waals surface area contributed by atoms with Gasteiger partial charge in [-0.15, -0.1) is 0 Å². The molecule has 0 aliphatic rings. The first kappa shape index (κ1) is 12.7. The topological polar surface area (TPSA) is 50.1 Å². The van der Waals surface area contributed by atoms with Crippen LogP contribution in [0.1, 0.15) is 11.7 Å². The van der Waals surface area contributed by atoms with Crippen molar-refractivity contribution in [3.63, 3.8) is 0 Å². The maximum absolute atomic E-state index is 12.7. The summed E-state index contributed by atoms with van der Waals surface area (Å²) in [5.74, 6) is -0.294. The molecule has 4 nitrogen and oxygen atoms in total. The molecule has 1 aromatic heterocycles. The Morgan fingerprint density at radius 3 is 2.78 bits per heavy atom. The molecule has 2 aromatic rings. The van der Waals surface area contributed by atoms with Crippen molar-refractivity contribution in [3.05, 3.63) is 54.1 Å². The monoisotopic (exact) mass is 249 g/mol. The molecule has 5 heteroatoms. The van der Waals surface area contributed by atoms with E-state index in [0.717, 1.165) is 13.1 Å². The van der Waals surface area contributed by atoms with E-state index in [0.29, 0.717) is 12.1 Å². The molecule has 0 fully saturated rings. The number of aliphatic hydroxyl groups excluding tert-OH is 1. The molecule has 0 radical (unpaired) electrons. The van der Waals surface area contributed by atoms with Crippen LogP contribution in [-0.2, 0) is 6.54 Å². The van der Waals surface area contributed by atoms with Crippen LogP contribution in [0, 0.1) is 5.82 Å². The van der Waals surface area contributed by atoms with E-state index in [1.165, 1.54) is 12.1 Å². The van der Waals surface area contributed by atoms with Gasteiger partial charge in [0, 0.05) is 25.5 Å². The molecule has 1 aromatic carbocycles. The van der Waals surface area contributed by atoms with Gasteiger partial charge in [0.25, 0.3) is 0 Å². The lowest BCUT2D eigenvalue weighted by atomic mass is 10.1. The molecule has 1 atom stereocenters. The minimum absolute atomic E-state index is 0.294. The second kappa shape index (κ2) is 6.28. The zero-order valence-corrected chi connectivity index (χ0v) is 9.96. The summed E-state index contributed by atoms with van der Waals surface area (Å²) < 4.78 is 14.5. The van der Waals surface area contributed by atoms with Crippen LogP contribution < -0.4 is 5.32 Å². The molecule has 1 heterocycles. The standard InChI is InChI=1S/C13H16FN3O/c14-12-4-2-11(3-5-12)13(18)10-15-7-9-17-8-1-6-16-17/h1-6,8,13,15,18H,7,9-10H2. The van der Waals surface area contributed by atoms with Crippen molar-refractivity contribution < 1.29 is 9.50 Å². The van der Waals surface area contributed by atoms with E-state index in [4.69, 9.17) is 0 Å². The average Bonchev–Trinajstić information content (AvgIpc) is 2.88. The lowest BCUT2D eigenvalue weighted by molar-refractivity contribution is 0.174. The van der Waals surface area contributed by atoms with E-state index < -0.39 is 6.10 Å². The van der Waals surface area contributed by atoms with Crippen LogP contribution in [0.15, 0.2) is 42.7 Å². The highest BCUT2D eigenvalue weighted by Crippen LogP contribution is 2.12. The van der Waals surface area contributed by atoms with Crippen molar-refractivity contribution in [2.24, 2.45) is 0 Å². The molecule has 0 saturated heterocycles. The Kier molecular flexibility index (Phi) is 4.44. The summed E-state index contributed by atoms with van der Waals surface area (Å²) in [4.78, 5) is 0. The number of rotatable bonds is 6. The second-order valence-electron chi connectivity index (χ2n) is 4.04. The van der Waals surface area contributed by atoms with Gasteiger partial charge in [-0.2, -0.15) is 5.10 Å². The summed E-state index contributed by atoms with van der Waals surface area (Å²) in [5, 5.41) is 17.1. The van der Waals surface area contributed by atoms with Crippen molar-refractivity contribution >= 4 is 0 Å². The van der Waals surface area contributed by atoms with E-state index in [1.807, 2.05) is 16.9 Å². The van der Waals surface area contributed by atoms with Crippen LogP contribution in [0.25, 0.3) is 0 Å². The van der Waals surface area contributed by atoms with E-state index in [1.54, 1.807) is 18.3 Å². The van der Waals surface area contributed by atoms with Gasteiger partial charge in [0.05, 0.1) is 12.6 Å². The summed E-state index contributed by atoms with van der Waals surface area (Å²) in [6.07, 6.45) is 2.99. The SMILES string of the molecule is OC(CNCCn1cccn1)c1ccc(F)cc1. The first-order valence-electron chi connectivity index (χ1n) is 5.87. The van der Waals surface area contributed by atoms with Crippen LogP contribution in [0.4, 0.5) is 4.39 Å². The molecule has 2 rings (SSSR count). The highest BCUT2D eigenvalue weighted by Gasteiger charge is 2.06. The fraction of sp³-hybridized carbons (Fsp3) is 0.308. The molecule has 1 unspecified atom stereocenters. The van der Waals surface area contributed by atoms with E-state index in [9.17, 15) is 9.50 Å². The predicted octanol–water partition coefficient (Wildman–Crippen LogP) is 1.35. The average molecular weight is 249 g/mol. The Labute approximate surface area is 105 Å². The molecule has 0 aliphatic heterocycles. The van der Waals surface area contributed by atoms with Gasteiger partial charge in [-0.3, -0.25) is 4.68 Å². The minimum Gasteiger partial charge on any atom is -0.387 e. The number of hydrogen-bond acceptors (Lipinski definition) is 3. The molecule has 0 amide bonds. The maximum atomic E-state index is 12.7. The van der Waals surface area contributed by atoms with E-state index >= 15 is 0 Å². The Morgan fingerprint density at radius 1 is 1.33 bits per heavy atom. The predicted molar refractivity (Wildman–Crippen MR) is 66.5 cm³/mol. The lowest BCUT2D eigenvalue weighted by Crippen LogP contribution is -2.25. The third kappa shape index (κ3) is 3.65. The number of hydrogen-bond donors (Lipinski definition) is 2. The van der Waals surface area contributed by atoms with Crippen LogP contribution in [-0.4, -0.2) is 28.0 Å². The number of halogens is 1. The van der Waals surface area contributed by atoms with Crippen molar-refractivity contribution in [1.82, 2.24) is 15.1 Å². The normalized spacial score (nSPS) is 12.6. The largest absolute Gasteiger partial charge is 0.387 e. The minimum atomic E-state index is -0.622. The quantitative estimate of drug-likeness (QED) is 0.760. The van der Waals surface area contributed by atoms with Crippen LogP contribution in [0.2, 0.25) is 0 Å². The van der Waals surface area contributed by atoms with E-state index in [2.05, 4.69) is 10.4 Å². The highest BCUT2D eigenvalue weighted by atomic mass is 19.1. The molecule has 0 aliphatic carbocycles. The summed E-state index contributed by atoms with van der Waals surface area (Å²) in [7, 11) is 0. The van der Waals surface area contributed by atoms with Crippen molar-refractivity contribution in [3.8, 4) is 0 Å². The second-order valence-corrected chi connectivity index (χ2v) is 4.04. The Bertz CT molecular complexity index is 456. The maximum Gasteiger partial charge on any atom is 0.123 e. The van der Waals surface area contributed by atoms with Crippen molar-refractivity contribution in [2.75, 3.05) is 13.1 Å². The van der Waals surface area contributed by atoms with E-state index in [-0.39, 0.29) is 5.82 Å². The Balaban J connectivity index is 1.71. The van der Waals surface area contributed by atoms with Crippen molar-refractivity contribution in [2.45, 2.75) is 12.6 Å².